The first-order chi connectivity index (χ1) is 18.6. The average Bonchev–Trinajstić information content (AvgIpc) is 3.45. The Morgan fingerprint density at radius 1 is 1.15 bits per heavy atom. The van der Waals surface area contributed by atoms with Crippen molar-refractivity contribution in [3.63, 3.8) is 0 Å². The van der Waals surface area contributed by atoms with Gasteiger partial charge in [-0.25, -0.2) is 0 Å². The largest absolute Gasteiger partial charge is 0.415 e. The Hall–Kier alpha value is -4.22. The number of aromatic nitrogens is 3. The fraction of sp³-hybridized carbons (Fsp3) is 0.407. The number of anilines is 1. The van der Waals surface area contributed by atoms with Gasteiger partial charge in [-0.15, -0.1) is 10.2 Å². The molecular formula is C27H28F2N6O4. The molecular weight excluding hydrogens is 510 g/mol. The van der Waals surface area contributed by atoms with E-state index in [0.29, 0.717) is 35.5 Å². The van der Waals surface area contributed by atoms with Crippen LogP contribution in [0.2, 0.25) is 0 Å². The van der Waals surface area contributed by atoms with Crippen molar-refractivity contribution in [2.75, 3.05) is 25.0 Å². The fourth-order valence-corrected chi connectivity index (χ4v) is 5.12. The Bertz CT molecular complexity index is 1410. The van der Waals surface area contributed by atoms with Gasteiger partial charge in [0.15, 0.2) is 0 Å². The molecule has 4 heterocycles. The fourth-order valence-electron chi connectivity index (χ4n) is 5.12. The Kier molecular flexibility index (Phi) is 6.87. The molecule has 3 amide bonds. The second-order valence-electron chi connectivity index (χ2n) is 10.2. The van der Waals surface area contributed by atoms with Crippen LogP contribution in [0.25, 0.3) is 11.5 Å². The molecule has 39 heavy (non-hydrogen) atoms. The van der Waals surface area contributed by atoms with E-state index in [1.807, 2.05) is 12.1 Å². The second-order valence-corrected chi connectivity index (χ2v) is 10.2. The highest BCUT2D eigenvalue weighted by molar-refractivity contribution is 6.13. The normalized spacial score (nSPS) is 17.5. The van der Waals surface area contributed by atoms with E-state index >= 15 is 0 Å². The topological polar surface area (TPSA) is 122 Å². The lowest BCUT2D eigenvalue weighted by Gasteiger charge is -2.39. The molecule has 0 bridgehead atoms. The first-order valence-corrected chi connectivity index (χ1v) is 12.6. The first kappa shape index (κ1) is 26.4. The number of rotatable bonds is 6. The molecule has 204 valence electrons. The van der Waals surface area contributed by atoms with Crippen molar-refractivity contribution in [1.82, 2.24) is 25.4 Å². The third-order valence-electron chi connectivity index (χ3n) is 7.43. The Balaban J connectivity index is 1.34. The van der Waals surface area contributed by atoms with E-state index in [9.17, 15) is 23.2 Å². The van der Waals surface area contributed by atoms with Gasteiger partial charge in [-0.2, -0.15) is 8.78 Å². The number of hydrogen-bond acceptors (Lipinski definition) is 8. The van der Waals surface area contributed by atoms with Crippen LogP contribution in [0, 0.1) is 5.92 Å². The monoisotopic (exact) mass is 538 g/mol. The van der Waals surface area contributed by atoms with Crippen LogP contribution in [0.5, 0.6) is 0 Å². The number of carbonyl (C=O) groups excluding carboxylic acids is 3. The van der Waals surface area contributed by atoms with Gasteiger partial charge in [0.25, 0.3) is 11.8 Å². The van der Waals surface area contributed by atoms with E-state index in [1.54, 1.807) is 39.1 Å². The zero-order chi connectivity index (χ0) is 27.9. The van der Waals surface area contributed by atoms with Crippen molar-refractivity contribution in [1.29, 1.82) is 0 Å². The third kappa shape index (κ3) is 4.86. The minimum Gasteiger partial charge on any atom is -0.415 e. The lowest BCUT2D eigenvalue weighted by Crippen LogP contribution is -2.51. The van der Waals surface area contributed by atoms with E-state index in [2.05, 4.69) is 25.4 Å². The first-order valence-electron chi connectivity index (χ1n) is 12.6. The van der Waals surface area contributed by atoms with E-state index < -0.39 is 23.6 Å². The highest BCUT2D eigenvalue weighted by atomic mass is 19.3. The van der Waals surface area contributed by atoms with Gasteiger partial charge in [-0.3, -0.25) is 24.3 Å². The van der Waals surface area contributed by atoms with Gasteiger partial charge in [0.05, 0.1) is 23.2 Å². The molecule has 12 heteroatoms. The van der Waals surface area contributed by atoms with Crippen LogP contribution in [0.4, 0.5) is 14.5 Å². The molecule has 0 unspecified atom stereocenters. The van der Waals surface area contributed by atoms with Gasteiger partial charge in [0.2, 0.25) is 17.7 Å². The van der Waals surface area contributed by atoms with E-state index in [4.69, 9.17) is 4.42 Å². The summed E-state index contributed by atoms with van der Waals surface area (Å²) in [6.45, 7) is 4.95. The summed E-state index contributed by atoms with van der Waals surface area (Å²) in [6.07, 6.45) is -0.0388. The van der Waals surface area contributed by atoms with Crippen molar-refractivity contribution in [3.8, 4) is 11.5 Å². The molecule has 0 spiro atoms. The summed E-state index contributed by atoms with van der Waals surface area (Å²) in [5.74, 6) is -1.60. The molecule has 1 fully saturated rings. The van der Waals surface area contributed by atoms with E-state index in [-0.39, 0.29) is 30.2 Å². The Morgan fingerprint density at radius 2 is 1.90 bits per heavy atom. The maximum Gasteiger partial charge on any atom is 0.314 e. The summed E-state index contributed by atoms with van der Waals surface area (Å²) in [4.78, 5) is 46.6. The highest BCUT2D eigenvalue weighted by Gasteiger charge is 2.45. The quantitative estimate of drug-likeness (QED) is 0.474. The number of hydrogen-bond donors (Lipinski definition) is 1. The predicted molar refractivity (Wildman–Crippen MR) is 136 cm³/mol. The number of carbonyl (C=O) groups is 3. The summed E-state index contributed by atoms with van der Waals surface area (Å²) >= 11 is 0. The lowest BCUT2D eigenvalue weighted by molar-refractivity contribution is -0.134. The third-order valence-corrected chi connectivity index (χ3v) is 7.43. The van der Waals surface area contributed by atoms with Crippen LogP contribution < -0.4 is 10.2 Å². The number of alkyl halides is 2. The number of fused-ring (bicyclic) bond motifs is 1. The van der Waals surface area contributed by atoms with Crippen molar-refractivity contribution < 1.29 is 27.6 Å². The van der Waals surface area contributed by atoms with Gasteiger partial charge < -0.3 is 14.6 Å². The van der Waals surface area contributed by atoms with Gasteiger partial charge in [0, 0.05) is 43.5 Å². The van der Waals surface area contributed by atoms with Gasteiger partial charge in [-0.1, -0.05) is 0 Å². The molecule has 1 aromatic carbocycles. The molecule has 2 aliphatic heterocycles. The Labute approximate surface area is 223 Å². The van der Waals surface area contributed by atoms with E-state index in [0.717, 1.165) is 18.5 Å². The second kappa shape index (κ2) is 10.2. The van der Waals surface area contributed by atoms with Crippen LogP contribution >= 0.6 is 0 Å². The van der Waals surface area contributed by atoms with E-state index in [1.165, 1.54) is 11.1 Å². The van der Waals surface area contributed by atoms with Crippen LogP contribution in [0.1, 0.15) is 60.6 Å². The van der Waals surface area contributed by atoms with Crippen molar-refractivity contribution in [2.45, 2.75) is 45.1 Å². The summed E-state index contributed by atoms with van der Waals surface area (Å²) in [5, 5.41) is 9.62. The van der Waals surface area contributed by atoms with Crippen molar-refractivity contribution >= 4 is 23.4 Å². The molecule has 0 saturated carbocycles. The molecule has 10 nitrogen and oxygen atoms in total. The zero-order valence-corrected chi connectivity index (χ0v) is 21.8. The minimum atomic E-state index is -2.88. The standard InChI is InChI=1S/C27H28F2N6O4/c1-27(2)20-12-18(34-10-8-15(9-11-34)22(36)30-3)6-7-19(20)25(37)35(26(27)38)14-17-5-4-16(13-31-17)23-32-33-24(39-23)21(28)29/h4-7,12-13,15,21H,8-11,14H2,1-3H3,(H,30,36). The molecule has 0 aliphatic carbocycles. The average molecular weight is 539 g/mol. The SMILES string of the molecule is CNC(=O)C1CCN(c2ccc3c(c2)C(C)(C)C(=O)N(Cc2ccc(-c4nnc(C(F)F)o4)cn2)C3=O)CC1. The summed E-state index contributed by atoms with van der Waals surface area (Å²) < 4.78 is 30.4. The van der Waals surface area contributed by atoms with Gasteiger partial charge in [-0.05, 0) is 62.6 Å². The van der Waals surface area contributed by atoms with Crippen LogP contribution in [-0.2, 0) is 21.5 Å². The number of nitrogens with zero attached hydrogens (tertiary/aromatic N) is 5. The lowest BCUT2D eigenvalue weighted by atomic mass is 9.76. The summed E-state index contributed by atoms with van der Waals surface area (Å²) in [7, 11) is 1.64. The van der Waals surface area contributed by atoms with Crippen molar-refractivity contribution in [2.24, 2.45) is 5.92 Å². The molecule has 1 saturated heterocycles. The van der Waals surface area contributed by atoms with Crippen LogP contribution in [-0.4, -0.2) is 57.9 Å². The van der Waals surface area contributed by atoms with Crippen LogP contribution in [0.3, 0.4) is 0 Å². The van der Waals surface area contributed by atoms with Gasteiger partial charge >= 0.3 is 6.43 Å². The predicted octanol–water partition coefficient (Wildman–Crippen LogP) is 3.49. The molecule has 1 N–H and O–H groups in total. The number of imide groups is 1. The number of halogens is 2. The number of piperidine rings is 1. The Morgan fingerprint density at radius 3 is 2.51 bits per heavy atom. The molecule has 0 radical (unpaired) electrons. The molecule has 3 aromatic rings. The summed E-state index contributed by atoms with van der Waals surface area (Å²) in [6, 6.07) is 8.68. The van der Waals surface area contributed by atoms with Crippen molar-refractivity contribution in [3.05, 3.63) is 59.2 Å². The highest BCUT2D eigenvalue weighted by Crippen LogP contribution is 2.38. The van der Waals surface area contributed by atoms with Crippen LogP contribution in [0.15, 0.2) is 40.9 Å². The number of nitrogens with one attached hydrogen (secondary N) is 1. The number of pyridine rings is 1. The zero-order valence-electron chi connectivity index (χ0n) is 21.8. The molecule has 0 atom stereocenters. The molecule has 5 rings (SSSR count). The minimum absolute atomic E-state index is 0.0122. The number of amides is 3. The smallest absolute Gasteiger partial charge is 0.314 e. The maximum absolute atomic E-state index is 13.5. The molecule has 2 aromatic heterocycles. The summed E-state index contributed by atoms with van der Waals surface area (Å²) in [5.41, 5.74) is 1.84. The van der Waals surface area contributed by atoms with Gasteiger partial charge in [0.1, 0.15) is 0 Å². The maximum atomic E-state index is 13.5. The number of benzene rings is 1. The molecule has 2 aliphatic rings.